The molecular weight excluding hydrogens is 278 g/mol. The Bertz CT molecular complexity index is 278. The van der Waals surface area contributed by atoms with Crippen molar-refractivity contribution < 1.29 is 41.1 Å². The monoisotopic (exact) mass is 297 g/mol. The van der Waals surface area contributed by atoms with Crippen molar-refractivity contribution in [3.05, 3.63) is 0 Å². The Hall–Kier alpha value is -0.306. The van der Waals surface area contributed by atoms with Gasteiger partial charge in [0.05, 0.1) is 0 Å². The first kappa shape index (κ1) is 15.8. The van der Waals surface area contributed by atoms with Crippen molar-refractivity contribution >= 4 is 11.8 Å². The van der Waals surface area contributed by atoms with Crippen LogP contribution in [0.2, 0.25) is 0 Å². The summed E-state index contributed by atoms with van der Waals surface area (Å²) in [5.74, 6) is -0.761. The first-order valence-electron chi connectivity index (χ1n) is 6.05. The molecule has 0 radical (unpaired) electrons. The van der Waals surface area contributed by atoms with Crippen LogP contribution in [-0.2, 0) is 41.1 Å². The van der Waals surface area contributed by atoms with Crippen molar-refractivity contribution in [3.8, 4) is 0 Å². The molecule has 0 aromatic heterocycles. The summed E-state index contributed by atoms with van der Waals surface area (Å²) in [7, 11) is 0. The molecule has 104 valence electrons. The molecule has 0 N–H and O–H groups in total. The Labute approximate surface area is 112 Å². The predicted molar refractivity (Wildman–Crippen MR) is 57.1 cm³/mol. The number of amides is 2. The summed E-state index contributed by atoms with van der Waals surface area (Å²) in [4.78, 5) is 23.0. The van der Waals surface area contributed by atoms with Crippen LogP contribution in [0, 0.1) is 0 Å². The molecule has 0 unspecified atom stereocenters. The van der Waals surface area contributed by atoms with Crippen LogP contribution in [0.4, 0.5) is 0 Å². The van der Waals surface area contributed by atoms with E-state index in [1.807, 2.05) is 0 Å². The Morgan fingerprint density at radius 1 is 0.944 bits per heavy atom. The second-order valence-electron chi connectivity index (χ2n) is 3.47. The van der Waals surface area contributed by atoms with Gasteiger partial charge in [-0.15, -0.1) is 0 Å². The summed E-state index contributed by atoms with van der Waals surface area (Å²) in [5, 5.41) is 0.737. The number of imide groups is 1. The van der Waals surface area contributed by atoms with Gasteiger partial charge in [-0.25, -0.2) is 0 Å². The number of carbonyl (C=O) groups excluding carboxylic acids is 2. The second kappa shape index (κ2) is 7.32. The van der Waals surface area contributed by atoms with Crippen molar-refractivity contribution in [2.45, 2.75) is 33.6 Å². The molecule has 0 spiro atoms. The van der Waals surface area contributed by atoms with E-state index in [1.54, 1.807) is 20.8 Å². The van der Waals surface area contributed by atoms with E-state index < -0.39 is 18.1 Å². The third-order valence-electron chi connectivity index (χ3n) is 2.17. The molecule has 1 heterocycles. The van der Waals surface area contributed by atoms with Crippen LogP contribution in [0.1, 0.15) is 33.6 Å². The standard InChI is InChI=1S/C4H4NO3.3C2H5O.Ti/c6-3-1-2-4(7)5(3)8;3*1-2-3;/h1-2H2;3*2H2,1H3;/q4*-1;+4. The van der Waals surface area contributed by atoms with E-state index in [0.717, 1.165) is 5.06 Å². The van der Waals surface area contributed by atoms with Crippen LogP contribution >= 0.6 is 0 Å². The van der Waals surface area contributed by atoms with Gasteiger partial charge < -0.3 is 0 Å². The van der Waals surface area contributed by atoms with Gasteiger partial charge in [-0.2, -0.15) is 0 Å². The Morgan fingerprint density at radius 3 is 1.67 bits per heavy atom. The molecule has 0 saturated carbocycles. The molecule has 0 aliphatic carbocycles. The summed E-state index contributed by atoms with van der Waals surface area (Å²) in [6, 6.07) is 0. The van der Waals surface area contributed by atoms with Gasteiger partial charge in [0, 0.05) is 0 Å². The molecule has 18 heavy (non-hydrogen) atoms. The average Bonchev–Trinajstić information content (AvgIpc) is 2.62. The minimum absolute atomic E-state index is 0.154. The van der Waals surface area contributed by atoms with Crippen LogP contribution < -0.4 is 0 Å². The van der Waals surface area contributed by atoms with E-state index in [2.05, 4.69) is 0 Å². The molecule has 0 bridgehead atoms. The normalized spacial score (nSPS) is 16.7. The van der Waals surface area contributed by atoms with Crippen molar-refractivity contribution in [1.82, 2.24) is 5.06 Å². The number of hydrogen-bond acceptors (Lipinski definition) is 6. The molecule has 1 fully saturated rings. The van der Waals surface area contributed by atoms with E-state index in [4.69, 9.17) is 13.4 Å². The van der Waals surface area contributed by atoms with Gasteiger partial charge in [0.15, 0.2) is 0 Å². The maximum absolute atomic E-state index is 11.5. The fourth-order valence-corrected chi connectivity index (χ4v) is 4.46. The quantitative estimate of drug-likeness (QED) is 0.491. The first-order chi connectivity index (χ1) is 8.58. The van der Waals surface area contributed by atoms with E-state index in [0.29, 0.717) is 19.8 Å². The van der Waals surface area contributed by atoms with Crippen molar-refractivity contribution in [2.24, 2.45) is 0 Å². The molecule has 2 amide bonds. The number of rotatable bonds is 8. The van der Waals surface area contributed by atoms with Crippen LogP contribution in [0.15, 0.2) is 0 Å². The summed E-state index contributed by atoms with van der Waals surface area (Å²) in [6.07, 6.45) is 0.309. The molecule has 0 aromatic rings. The van der Waals surface area contributed by atoms with Gasteiger partial charge in [0.2, 0.25) is 0 Å². The minimum atomic E-state index is -4.03. The zero-order valence-electron chi connectivity index (χ0n) is 10.9. The number of hydrogen-bond donors (Lipinski definition) is 0. The van der Waals surface area contributed by atoms with Crippen LogP contribution in [0.5, 0.6) is 0 Å². The molecule has 1 saturated heterocycles. The predicted octanol–water partition coefficient (Wildman–Crippen LogP) is 0.990. The van der Waals surface area contributed by atoms with Gasteiger partial charge in [-0.1, -0.05) is 0 Å². The molecule has 1 aliphatic heterocycles. The molecule has 0 atom stereocenters. The van der Waals surface area contributed by atoms with Crippen LogP contribution in [-0.4, -0.2) is 36.7 Å². The van der Waals surface area contributed by atoms with Gasteiger partial charge in [-0.05, 0) is 0 Å². The first-order valence-corrected chi connectivity index (χ1v) is 8.60. The number of hydroxylamine groups is 2. The van der Waals surface area contributed by atoms with Crippen molar-refractivity contribution in [3.63, 3.8) is 0 Å². The van der Waals surface area contributed by atoms with Gasteiger partial charge in [-0.3, -0.25) is 0 Å². The van der Waals surface area contributed by atoms with E-state index in [-0.39, 0.29) is 24.7 Å². The Balaban J connectivity index is 2.80. The third-order valence-corrected chi connectivity index (χ3v) is 5.82. The fourth-order valence-electron chi connectivity index (χ4n) is 1.50. The average molecular weight is 297 g/mol. The molecule has 8 heteroatoms. The molecular formula is C10H19NO6Ti. The molecule has 1 aliphatic rings. The zero-order valence-corrected chi connectivity index (χ0v) is 12.5. The van der Waals surface area contributed by atoms with Gasteiger partial charge >= 0.3 is 111 Å². The van der Waals surface area contributed by atoms with Crippen LogP contribution in [0.3, 0.4) is 0 Å². The topological polar surface area (TPSA) is 74.3 Å². The summed E-state index contributed by atoms with van der Waals surface area (Å²) < 4.78 is 21.7. The number of nitrogens with zero attached hydrogens (tertiary/aromatic N) is 1. The zero-order chi connectivity index (χ0) is 13.6. The second-order valence-corrected chi connectivity index (χ2v) is 6.67. The summed E-state index contributed by atoms with van der Waals surface area (Å²) in [6.45, 7) is 6.31. The van der Waals surface area contributed by atoms with Gasteiger partial charge in [0.1, 0.15) is 0 Å². The number of carbonyl (C=O) groups is 2. The molecule has 7 nitrogen and oxygen atoms in total. The van der Waals surface area contributed by atoms with Crippen LogP contribution in [0.25, 0.3) is 0 Å². The summed E-state index contributed by atoms with van der Waals surface area (Å²) >= 11 is -4.03. The molecule has 0 aromatic carbocycles. The molecule has 1 rings (SSSR count). The Kier molecular flexibility index (Phi) is 6.41. The van der Waals surface area contributed by atoms with Crippen molar-refractivity contribution in [1.29, 1.82) is 0 Å². The summed E-state index contributed by atoms with van der Waals surface area (Å²) in [5.41, 5.74) is 0. The maximum atomic E-state index is 11.5. The van der Waals surface area contributed by atoms with Crippen molar-refractivity contribution in [2.75, 3.05) is 19.8 Å². The Morgan fingerprint density at radius 2 is 1.33 bits per heavy atom. The third kappa shape index (κ3) is 3.84. The fraction of sp³-hybridized carbons (Fsp3) is 0.800. The van der Waals surface area contributed by atoms with Gasteiger partial charge in [0.25, 0.3) is 0 Å². The van der Waals surface area contributed by atoms with E-state index in [9.17, 15) is 9.59 Å². The van der Waals surface area contributed by atoms with E-state index >= 15 is 0 Å². The SMILES string of the molecule is CC[O][Ti]([O]CC)([O]CC)[O]N1C(=O)CCC1=O. The van der Waals surface area contributed by atoms with E-state index in [1.165, 1.54) is 0 Å².